The second kappa shape index (κ2) is 4.21. The first-order valence-electron chi connectivity index (χ1n) is 8.20. The zero-order chi connectivity index (χ0) is 15.7. The van der Waals surface area contributed by atoms with E-state index in [0.717, 1.165) is 24.8 Å². The predicted octanol–water partition coefficient (Wildman–Crippen LogP) is 1.75. The van der Waals surface area contributed by atoms with Crippen LogP contribution in [-0.2, 0) is 19.1 Å². The number of carbonyl (C=O) groups is 3. The van der Waals surface area contributed by atoms with Crippen LogP contribution in [0, 0.1) is 5.92 Å². The molecule has 1 amide bonds. The maximum atomic E-state index is 13.0. The van der Waals surface area contributed by atoms with Crippen molar-refractivity contribution in [1.82, 2.24) is 4.90 Å². The minimum absolute atomic E-state index is 0.0122. The lowest BCUT2D eigenvalue weighted by Crippen LogP contribution is -2.64. The van der Waals surface area contributed by atoms with E-state index in [2.05, 4.69) is 0 Å². The molecule has 4 aliphatic rings. The van der Waals surface area contributed by atoms with Gasteiger partial charge < -0.3 is 9.64 Å². The number of amides is 1. The lowest BCUT2D eigenvalue weighted by Gasteiger charge is -2.47. The molecule has 0 aromatic carbocycles. The minimum Gasteiger partial charge on any atom is -0.440 e. The third-order valence-electron chi connectivity index (χ3n) is 6.44. The topological polar surface area (TPSA) is 63.7 Å². The number of hydrogen-bond acceptors (Lipinski definition) is 4. The van der Waals surface area contributed by atoms with Crippen LogP contribution in [0.25, 0.3) is 0 Å². The van der Waals surface area contributed by atoms with E-state index in [9.17, 15) is 14.4 Å². The SMILES string of the molecule is CC1=C(C)C2(OC1=O)C(=O)CC1CCCCN3C(=O)CCC132. The molecule has 1 aliphatic carbocycles. The average molecular weight is 303 g/mol. The number of carbonyl (C=O) groups excluding carboxylic acids is 3. The predicted molar refractivity (Wildman–Crippen MR) is 77.8 cm³/mol. The average Bonchev–Trinajstić information content (AvgIpc) is 2.95. The van der Waals surface area contributed by atoms with Gasteiger partial charge in [-0.3, -0.25) is 9.59 Å². The van der Waals surface area contributed by atoms with Crippen LogP contribution in [0.3, 0.4) is 0 Å². The van der Waals surface area contributed by atoms with Crippen LogP contribution in [0.1, 0.15) is 52.4 Å². The number of hydrogen-bond donors (Lipinski definition) is 0. The van der Waals surface area contributed by atoms with Crippen molar-refractivity contribution in [1.29, 1.82) is 0 Å². The Morgan fingerprint density at radius 2 is 1.95 bits per heavy atom. The summed E-state index contributed by atoms with van der Waals surface area (Å²) in [5, 5.41) is 0. The molecule has 3 fully saturated rings. The van der Waals surface area contributed by atoms with Gasteiger partial charge in [0, 0.05) is 25.0 Å². The van der Waals surface area contributed by atoms with E-state index in [1.54, 1.807) is 6.92 Å². The molecule has 1 saturated carbocycles. The van der Waals surface area contributed by atoms with Gasteiger partial charge in [0.1, 0.15) is 0 Å². The van der Waals surface area contributed by atoms with E-state index in [4.69, 9.17) is 4.74 Å². The number of Topliss-reactive ketones (excluding diaryl/α,β-unsaturated/α-hetero) is 1. The van der Waals surface area contributed by atoms with Crippen LogP contribution < -0.4 is 0 Å². The zero-order valence-corrected chi connectivity index (χ0v) is 13.1. The highest BCUT2D eigenvalue weighted by Crippen LogP contribution is 2.60. The van der Waals surface area contributed by atoms with Crippen molar-refractivity contribution < 1.29 is 19.1 Å². The van der Waals surface area contributed by atoms with Crippen LogP contribution in [0.2, 0.25) is 0 Å². The summed E-state index contributed by atoms with van der Waals surface area (Å²) in [5.74, 6) is -0.191. The molecular formula is C17H21NO4. The summed E-state index contributed by atoms with van der Waals surface area (Å²) < 4.78 is 5.77. The van der Waals surface area contributed by atoms with Gasteiger partial charge in [0.15, 0.2) is 5.78 Å². The molecule has 118 valence electrons. The Labute approximate surface area is 129 Å². The third kappa shape index (κ3) is 1.29. The van der Waals surface area contributed by atoms with Crippen molar-refractivity contribution in [3.05, 3.63) is 11.1 Å². The van der Waals surface area contributed by atoms with Gasteiger partial charge in [-0.05, 0) is 44.6 Å². The fourth-order valence-corrected chi connectivity index (χ4v) is 5.36. The molecule has 0 N–H and O–H groups in total. The summed E-state index contributed by atoms with van der Waals surface area (Å²) in [6, 6.07) is 0. The first kappa shape index (κ1) is 14.0. The van der Waals surface area contributed by atoms with Crippen LogP contribution in [0.5, 0.6) is 0 Å². The fourth-order valence-electron chi connectivity index (χ4n) is 5.36. The monoisotopic (exact) mass is 303 g/mol. The van der Waals surface area contributed by atoms with Crippen LogP contribution >= 0.6 is 0 Å². The highest BCUT2D eigenvalue weighted by molar-refractivity contribution is 6.06. The molecule has 2 saturated heterocycles. The molecule has 5 nitrogen and oxygen atoms in total. The molecule has 3 atom stereocenters. The zero-order valence-electron chi connectivity index (χ0n) is 13.1. The number of esters is 1. The van der Waals surface area contributed by atoms with Crippen molar-refractivity contribution in [2.75, 3.05) is 6.54 Å². The van der Waals surface area contributed by atoms with E-state index < -0.39 is 17.1 Å². The molecule has 3 heterocycles. The molecule has 0 aromatic rings. The number of nitrogens with zero attached hydrogens (tertiary/aromatic N) is 1. The minimum atomic E-state index is -1.21. The van der Waals surface area contributed by atoms with Gasteiger partial charge >= 0.3 is 5.97 Å². The summed E-state index contributed by atoms with van der Waals surface area (Å²) >= 11 is 0. The molecule has 0 bridgehead atoms. The Bertz CT molecular complexity index is 637. The highest BCUT2D eigenvalue weighted by Gasteiger charge is 2.75. The van der Waals surface area contributed by atoms with Gasteiger partial charge in [-0.15, -0.1) is 0 Å². The Kier molecular flexibility index (Phi) is 2.67. The molecule has 0 aromatic heterocycles. The summed E-state index contributed by atoms with van der Waals surface area (Å²) in [6.07, 6.45) is 4.41. The Morgan fingerprint density at radius 3 is 2.64 bits per heavy atom. The Morgan fingerprint density at radius 1 is 1.18 bits per heavy atom. The summed E-state index contributed by atoms with van der Waals surface area (Å²) in [5.41, 5.74) is -0.580. The third-order valence-corrected chi connectivity index (χ3v) is 6.44. The van der Waals surface area contributed by atoms with Gasteiger partial charge in [-0.1, -0.05) is 6.42 Å². The number of rotatable bonds is 0. The van der Waals surface area contributed by atoms with Gasteiger partial charge in [0.05, 0.1) is 5.54 Å². The second-order valence-electron chi connectivity index (χ2n) is 7.11. The fraction of sp³-hybridized carbons (Fsp3) is 0.706. The van der Waals surface area contributed by atoms with E-state index in [-0.39, 0.29) is 17.6 Å². The number of ketones is 1. The van der Waals surface area contributed by atoms with Crippen LogP contribution in [-0.4, -0.2) is 40.2 Å². The molecule has 0 radical (unpaired) electrons. The Hall–Kier alpha value is -1.65. The smallest absolute Gasteiger partial charge is 0.335 e. The van der Waals surface area contributed by atoms with Crippen molar-refractivity contribution in [2.24, 2.45) is 5.92 Å². The van der Waals surface area contributed by atoms with Gasteiger partial charge in [0.25, 0.3) is 0 Å². The van der Waals surface area contributed by atoms with Gasteiger partial charge in [0.2, 0.25) is 11.5 Å². The van der Waals surface area contributed by atoms with Crippen LogP contribution in [0.4, 0.5) is 0 Å². The van der Waals surface area contributed by atoms with Gasteiger partial charge in [-0.2, -0.15) is 0 Å². The standard InChI is InChI=1S/C17H21NO4/c1-10-11(2)17(22-15(10)21)13(19)9-12-5-3-4-8-18-14(20)6-7-16(12,17)18/h12H,3-9H2,1-2H3. The van der Waals surface area contributed by atoms with E-state index in [1.165, 1.54) is 0 Å². The molecule has 2 spiro atoms. The summed E-state index contributed by atoms with van der Waals surface area (Å²) in [7, 11) is 0. The molecule has 3 aliphatic heterocycles. The van der Waals surface area contributed by atoms with Crippen molar-refractivity contribution >= 4 is 17.7 Å². The van der Waals surface area contributed by atoms with E-state index >= 15 is 0 Å². The first-order valence-corrected chi connectivity index (χ1v) is 8.20. The van der Waals surface area contributed by atoms with Gasteiger partial charge in [-0.25, -0.2) is 4.79 Å². The largest absolute Gasteiger partial charge is 0.440 e. The maximum Gasteiger partial charge on any atom is 0.335 e. The maximum absolute atomic E-state index is 13.0. The molecule has 22 heavy (non-hydrogen) atoms. The number of ether oxygens (including phenoxy) is 1. The summed E-state index contributed by atoms with van der Waals surface area (Å²) in [6.45, 7) is 4.23. The molecule has 3 unspecified atom stereocenters. The Balaban J connectivity index is 1.97. The molecule has 5 heteroatoms. The van der Waals surface area contributed by atoms with Crippen molar-refractivity contribution in [2.45, 2.75) is 63.5 Å². The summed E-state index contributed by atoms with van der Waals surface area (Å²) in [4.78, 5) is 39.5. The normalized spacial score (nSPS) is 41.1. The highest BCUT2D eigenvalue weighted by atomic mass is 16.6. The lowest BCUT2D eigenvalue weighted by atomic mass is 9.70. The second-order valence-corrected chi connectivity index (χ2v) is 7.11. The van der Waals surface area contributed by atoms with Crippen LogP contribution in [0.15, 0.2) is 11.1 Å². The lowest BCUT2D eigenvalue weighted by molar-refractivity contribution is -0.168. The molecular weight excluding hydrogens is 282 g/mol. The van der Waals surface area contributed by atoms with Crippen molar-refractivity contribution in [3.63, 3.8) is 0 Å². The van der Waals surface area contributed by atoms with Crippen molar-refractivity contribution in [3.8, 4) is 0 Å². The first-order chi connectivity index (χ1) is 10.4. The quantitative estimate of drug-likeness (QED) is 0.640. The van der Waals surface area contributed by atoms with E-state index in [1.807, 2.05) is 11.8 Å². The van der Waals surface area contributed by atoms with E-state index in [0.29, 0.717) is 31.4 Å². The molecule has 4 rings (SSSR count).